The largest absolute Gasteiger partial charge is 0.444 e. The van der Waals surface area contributed by atoms with E-state index in [0.29, 0.717) is 12.0 Å². The van der Waals surface area contributed by atoms with Gasteiger partial charge in [-0.05, 0) is 63.6 Å². The summed E-state index contributed by atoms with van der Waals surface area (Å²) in [4.78, 5) is 14.2. The Morgan fingerprint density at radius 2 is 2.17 bits per heavy atom. The maximum absolute atomic E-state index is 12.3. The van der Waals surface area contributed by atoms with Gasteiger partial charge in [-0.25, -0.2) is 4.79 Å². The minimum Gasteiger partial charge on any atom is -0.444 e. The first kappa shape index (κ1) is 16.4. The average molecular weight is 337 g/mol. The molecule has 126 valence electrons. The van der Waals surface area contributed by atoms with E-state index in [4.69, 9.17) is 16.3 Å². The summed E-state index contributed by atoms with van der Waals surface area (Å²) in [6, 6.07) is 6.40. The summed E-state index contributed by atoms with van der Waals surface area (Å²) in [5, 5.41) is 4.35. The van der Waals surface area contributed by atoms with Crippen molar-refractivity contribution in [3.05, 3.63) is 28.8 Å². The summed E-state index contributed by atoms with van der Waals surface area (Å²) in [5.74, 6) is 0.447. The molecule has 4 nitrogen and oxygen atoms in total. The van der Waals surface area contributed by atoms with Gasteiger partial charge in [0.25, 0.3) is 0 Å². The summed E-state index contributed by atoms with van der Waals surface area (Å²) in [7, 11) is 0. The lowest BCUT2D eigenvalue weighted by atomic mass is 9.89. The highest BCUT2D eigenvalue weighted by atomic mass is 35.5. The van der Waals surface area contributed by atoms with Crippen LogP contribution in [0.1, 0.15) is 39.2 Å². The highest BCUT2D eigenvalue weighted by Gasteiger charge is 2.34. The number of nitrogens with one attached hydrogen (secondary N) is 1. The van der Waals surface area contributed by atoms with Crippen LogP contribution in [0.4, 0.5) is 10.5 Å². The summed E-state index contributed by atoms with van der Waals surface area (Å²) in [6.07, 6.45) is 2.97. The molecule has 1 aromatic rings. The molecule has 1 aromatic carbocycles. The molecule has 2 atom stereocenters. The molecule has 0 saturated carbocycles. The van der Waals surface area contributed by atoms with Crippen LogP contribution in [-0.4, -0.2) is 35.7 Å². The number of fused-ring (bicyclic) bond motifs is 1. The van der Waals surface area contributed by atoms with Crippen LogP contribution in [0.3, 0.4) is 0 Å². The van der Waals surface area contributed by atoms with Crippen LogP contribution < -0.4 is 5.32 Å². The maximum Gasteiger partial charge on any atom is 0.410 e. The summed E-state index contributed by atoms with van der Waals surface area (Å²) in [5.41, 5.74) is 2.01. The second-order valence-electron chi connectivity index (χ2n) is 7.59. The molecular weight excluding hydrogens is 312 g/mol. The van der Waals surface area contributed by atoms with E-state index in [1.54, 1.807) is 0 Å². The zero-order valence-corrected chi connectivity index (χ0v) is 14.8. The van der Waals surface area contributed by atoms with Crippen molar-refractivity contribution < 1.29 is 9.53 Å². The van der Waals surface area contributed by atoms with Crippen molar-refractivity contribution in [2.45, 2.75) is 51.7 Å². The molecule has 1 fully saturated rings. The van der Waals surface area contributed by atoms with Gasteiger partial charge in [0.05, 0.1) is 0 Å². The van der Waals surface area contributed by atoms with Gasteiger partial charge in [0.1, 0.15) is 5.60 Å². The number of likely N-dealkylation sites (tertiary alicyclic amines) is 1. The Kier molecular flexibility index (Phi) is 4.45. The van der Waals surface area contributed by atoms with Gasteiger partial charge in [-0.3, -0.25) is 0 Å². The summed E-state index contributed by atoms with van der Waals surface area (Å²) >= 11 is 6.07. The predicted octanol–water partition coefficient (Wildman–Crippen LogP) is 4.32. The van der Waals surface area contributed by atoms with Crippen molar-refractivity contribution in [1.29, 1.82) is 0 Å². The lowest BCUT2D eigenvalue weighted by molar-refractivity contribution is 0.0157. The summed E-state index contributed by atoms with van der Waals surface area (Å²) < 4.78 is 5.51. The van der Waals surface area contributed by atoms with E-state index in [1.807, 2.05) is 37.8 Å². The molecule has 0 spiro atoms. The van der Waals surface area contributed by atoms with Gasteiger partial charge in [-0.15, -0.1) is 0 Å². The van der Waals surface area contributed by atoms with Crippen molar-refractivity contribution in [1.82, 2.24) is 4.90 Å². The number of halogens is 1. The maximum atomic E-state index is 12.3. The molecule has 1 amide bonds. The molecule has 0 aromatic heterocycles. The third kappa shape index (κ3) is 3.92. The summed E-state index contributed by atoms with van der Waals surface area (Å²) in [6.45, 7) is 7.27. The number of benzene rings is 1. The normalized spacial score (nSPS) is 24.1. The number of hydrogen-bond donors (Lipinski definition) is 1. The topological polar surface area (TPSA) is 41.6 Å². The Balaban J connectivity index is 1.63. The number of carbonyl (C=O) groups is 1. The predicted molar refractivity (Wildman–Crippen MR) is 93.1 cm³/mol. The van der Waals surface area contributed by atoms with Crippen LogP contribution in [-0.2, 0) is 11.2 Å². The van der Waals surface area contributed by atoms with Crippen LogP contribution in [0.25, 0.3) is 0 Å². The second-order valence-corrected chi connectivity index (χ2v) is 8.02. The zero-order chi connectivity index (χ0) is 16.6. The zero-order valence-electron chi connectivity index (χ0n) is 14.1. The molecule has 1 N–H and O–H groups in total. The Morgan fingerprint density at radius 3 is 2.91 bits per heavy atom. The Hall–Kier alpha value is -1.42. The van der Waals surface area contributed by atoms with Crippen LogP contribution in [0.2, 0.25) is 5.02 Å². The number of rotatable bonds is 1. The SMILES string of the molecule is CC(C)(C)OC(=O)N1CCCC(C2Cc3ccc(Cl)cc3N2)C1. The van der Waals surface area contributed by atoms with E-state index in [0.717, 1.165) is 43.1 Å². The first-order valence-corrected chi connectivity index (χ1v) is 8.72. The van der Waals surface area contributed by atoms with E-state index < -0.39 is 5.60 Å². The van der Waals surface area contributed by atoms with E-state index >= 15 is 0 Å². The third-order valence-electron chi connectivity index (χ3n) is 4.53. The van der Waals surface area contributed by atoms with Crippen molar-refractivity contribution in [2.24, 2.45) is 5.92 Å². The molecule has 23 heavy (non-hydrogen) atoms. The van der Waals surface area contributed by atoms with Crippen molar-refractivity contribution in [3.63, 3.8) is 0 Å². The molecule has 2 heterocycles. The molecule has 2 aliphatic rings. The van der Waals surface area contributed by atoms with Crippen LogP contribution in [0.15, 0.2) is 18.2 Å². The lowest BCUT2D eigenvalue weighted by Gasteiger charge is -2.36. The quantitative estimate of drug-likeness (QED) is 0.830. The van der Waals surface area contributed by atoms with Gasteiger partial charge in [0.2, 0.25) is 0 Å². The first-order valence-electron chi connectivity index (χ1n) is 8.35. The van der Waals surface area contributed by atoms with Gasteiger partial charge >= 0.3 is 6.09 Å². The number of carbonyl (C=O) groups excluding carboxylic acids is 1. The molecular formula is C18H25ClN2O2. The van der Waals surface area contributed by atoms with Gasteiger partial charge in [0, 0.05) is 29.8 Å². The fraction of sp³-hybridized carbons (Fsp3) is 0.611. The van der Waals surface area contributed by atoms with Gasteiger partial charge in [-0.1, -0.05) is 17.7 Å². The highest BCUT2D eigenvalue weighted by molar-refractivity contribution is 6.30. The van der Waals surface area contributed by atoms with Gasteiger partial charge < -0.3 is 15.0 Å². The fourth-order valence-corrected chi connectivity index (χ4v) is 3.64. The Bertz CT molecular complexity index is 597. The van der Waals surface area contributed by atoms with E-state index in [1.165, 1.54) is 5.56 Å². The Morgan fingerprint density at radius 1 is 1.39 bits per heavy atom. The standard InChI is InChI=1S/C18H25ClN2O2/c1-18(2,3)23-17(22)21-8-4-5-13(11-21)15-9-12-6-7-14(19)10-16(12)20-15/h6-7,10,13,15,20H,4-5,8-9,11H2,1-3H3. The highest BCUT2D eigenvalue weighted by Crippen LogP contribution is 2.34. The lowest BCUT2D eigenvalue weighted by Crippen LogP contribution is -2.46. The van der Waals surface area contributed by atoms with Crippen LogP contribution in [0, 0.1) is 5.92 Å². The number of nitrogens with zero attached hydrogens (tertiary/aromatic N) is 1. The number of ether oxygens (including phenoxy) is 1. The van der Waals surface area contributed by atoms with Crippen molar-refractivity contribution in [2.75, 3.05) is 18.4 Å². The van der Waals surface area contributed by atoms with E-state index in [9.17, 15) is 4.79 Å². The average Bonchev–Trinajstić information content (AvgIpc) is 2.88. The molecule has 0 radical (unpaired) electrons. The first-order chi connectivity index (χ1) is 10.8. The molecule has 5 heteroatoms. The minimum absolute atomic E-state index is 0.194. The minimum atomic E-state index is -0.442. The van der Waals surface area contributed by atoms with Crippen LogP contribution >= 0.6 is 11.6 Å². The third-order valence-corrected chi connectivity index (χ3v) is 4.77. The van der Waals surface area contributed by atoms with Crippen molar-refractivity contribution in [3.8, 4) is 0 Å². The number of anilines is 1. The number of amides is 1. The molecule has 0 aliphatic carbocycles. The molecule has 0 bridgehead atoms. The van der Waals surface area contributed by atoms with E-state index in [2.05, 4.69) is 11.4 Å². The molecule has 3 rings (SSSR count). The smallest absolute Gasteiger partial charge is 0.410 e. The number of piperidine rings is 1. The monoisotopic (exact) mass is 336 g/mol. The van der Waals surface area contributed by atoms with Crippen LogP contribution in [0.5, 0.6) is 0 Å². The molecule has 1 saturated heterocycles. The van der Waals surface area contributed by atoms with Gasteiger partial charge in [0.15, 0.2) is 0 Å². The van der Waals surface area contributed by atoms with Crippen molar-refractivity contribution >= 4 is 23.4 Å². The van der Waals surface area contributed by atoms with E-state index in [-0.39, 0.29) is 6.09 Å². The number of hydrogen-bond acceptors (Lipinski definition) is 3. The molecule has 2 unspecified atom stereocenters. The van der Waals surface area contributed by atoms with Gasteiger partial charge in [-0.2, -0.15) is 0 Å². The second kappa shape index (κ2) is 6.23. The fourth-order valence-electron chi connectivity index (χ4n) is 3.46. The molecule has 2 aliphatic heterocycles. The Labute approximate surface area is 143 Å².